The van der Waals surface area contributed by atoms with Crippen LogP contribution in [0.25, 0.3) is 0 Å². The Hall–Kier alpha value is -4.68. The van der Waals surface area contributed by atoms with E-state index in [2.05, 4.69) is 0 Å². The summed E-state index contributed by atoms with van der Waals surface area (Å²) in [6, 6.07) is 18.5. The van der Waals surface area contributed by atoms with Crippen molar-refractivity contribution >= 4 is 23.6 Å². The summed E-state index contributed by atoms with van der Waals surface area (Å²) >= 11 is 1.38. The minimum absolute atomic E-state index is 0.0125. The minimum Gasteiger partial charge on any atom is -0.482 e. The number of fused-ring (bicyclic) bond motifs is 4. The number of carbonyl (C=O) groups is 2. The van der Waals surface area contributed by atoms with Gasteiger partial charge < -0.3 is 19.1 Å². The summed E-state index contributed by atoms with van der Waals surface area (Å²) in [4.78, 5) is 43.9. The maximum absolute atomic E-state index is 15.5. The van der Waals surface area contributed by atoms with Gasteiger partial charge in [0.25, 0.3) is 5.91 Å². The molecule has 0 bridgehead atoms. The van der Waals surface area contributed by atoms with Crippen LogP contribution in [0.4, 0.5) is 8.78 Å². The quantitative estimate of drug-likeness (QED) is 0.270. The van der Waals surface area contributed by atoms with Crippen LogP contribution < -0.4 is 15.2 Å². The van der Waals surface area contributed by atoms with Gasteiger partial charge in [-0.25, -0.2) is 13.6 Å². The summed E-state index contributed by atoms with van der Waals surface area (Å²) < 4.78 is 48.9. The topological polar surface area (TPSA) is 90.3 Å². The largest absolute Gasteiger partial charge is 0.482 e. The summed E-state index contributed by atoms with van der Waals surface area (Å²) in [5.41, 5.74) is 0.958. The van der Waals surface area contributed by atoms with Gasteiger partial charge in [0.15, 0.2) is 23.1 Å². The molecular formula is C34H29F2N3O6S. The average Bonchev–Trinajstić information content (AvgIpc) is 3.24. The first-order chi connectivity index (χ1) is 22.4. The summed E-state index contributed by atoms with van der Waals surface area (Å²) in [6.07, 6.45) is 0.546. The highest BCUT2D eigenvalue weighted by Crippen LogP contribution is 2.45. The fourth-order valence-corrected chi connectivity index (χ4v) is 7.36. The predicted octanol–water partition coefficient (Wildman–Crippen LogP) is 5.03. The second-order valence-electron chi connectivity index (χ2n) is 11.0. The second-order valence-corrected chi connectivity index (χ2v) is 12.0. The lowest BCUT2D eigenvalue weighted by Gasteiger charge is -2.51. The molecule has 3 aromatic carbocycles. The van der Waals surface area contributed by atoms with Gasteiger partial charge in [-0.15, -0.1) is 11.8 Å². The molecule has 1 fully saturated rings. The van der Waals surface area contributed by atoms with Crippen molar-refractivity contribution in [2.45, 2.75) is 36.4 Å². The number of hydrogen-bond acceptors (Lipinski definition) is 8. The Balaban J connectivity index is 1.51. The van der Waals surface area contributed by atoms with Crippen LogP contribution >= 0.6 is 11.8 Å². The second kappa shape index (κ2) is 12.3. The summed E-state index contributed by atoms with van der Waals surface area (Å²) in [5, 5.41) is 1.80. The van der Waals surface area contributed by atoms with E-state index in [0.717, 1.165) is 22.1 Å². The van der Waals surface area contributed by atoms with E-state index in [0.29, 0.717) is 5.56 Å². The SMILES string of the molecule is CCOC(=O)c1cn2c(c(OCc3ccccc3)c1=O)C(=O)N1CCOC[C@H]1N2[C@@H]1c2ccccc2SCc2c1ccc(F)c2F. The Morgan fingerprint density at radius 2 is 1.80 bits per heavy atom. The average molecular weight is 646 g/mol. The first kappa shape index (κ1) is 30.0. The molecule has 9 nitrogen and oxygen atoms in total. The number of aromatic nitrogens is 1. The van der Waals surface area contributed by atoms with Gasteiger partial charge in [0.1, 0.15) is 18.3 Å². The molecule has 236 valence electrons. The molecule has 0 unspecified atom stereocenters. The predicted molar refractivity (Wildman–Crippen MR) is 165 cm³/mol. The molecule has 0 N–H and O–H groups in total. The summed E-state index contributed by atoms with van der Waals surface area (Å²) in [5.74, 6) is -3.43. The Morgan fingerprint density at radius 3 is 2.61 bits per heavy atom. The van der Waals surface area contributed by atoms with Gasteiger partial charge in [-0.05, 0) is 35.7 Å². The monoisotopic (exact) mass is 645 g/mol. The number of hydrogen-bond donors (Lipinski definition) is 0. The number of pyridine rings is 1. The number of nitrogens with zero attached hydrogens (tertiary/aromatic N) is 3. The molecular weight excluding hydrogens is 616 g/mol. The van der Waals surface area contributed by atoms with Gasteiger partial charge in [0, 0.05) is 29.0 Å². The lowest BCUT2D eigenvalue weighted by molar-refractivity contribution is -0.0200. The minimum atomic E-state index is -0.967. The van der Waals surface area contributed by atoms with E-state index in [1.54, 1.807) is 22.9 Å². The molecule has 1 amide bonds. The molecule has 46 heavy (non-hydrogen) atoms. The Kier molecular flexibility index (Phi) is 7.99. The van der Waals surface area contributed by atoms with Crippen molar-refractivity contribution in [3.05, 3.63) is 128 Å². The summed E-state index contributed by atoms with van der Waals surface area (Å²) in [6.45, 7) is 2.13. The molecule has 1 saturated heterocycles. The van der Waals surface area contributed by atoms with Crippen LogP contribution in [0.2, 0.25) is 0 Å². The third-order valence-electron chi connectivity index (χ3n) is 8.37. The summed E-state index contributed by atoms with van der Waals surface area (Å²) in [7, 11) is 0. The van der Waals surface area contributed by atoms with Crippen LogP contribution in [-0.4, -0.2) is 54.0 Å². The van der Waals surface area contributed by atoms with Crippen LogP contribution in [0.15, 0.2) is 82.6 Å². The molecule has 1 aromatic heterocycles. The third-order valence-corrected chi connectivity index (χ3v) is 9.48. The highest BCUT2D eigenvalue weighted by Gasteiger charge is 2.47. The van der Waals surface area contributed by atoms with E-state index >= 15 is 4.39 Å². The molecule has 0 saturated carbocycles. The van der Waals surface area contributed by atoms with E-state index in [1.165, 1.54) is 22.6 Å². The van der Waals surface area contributed by atoms with Crippen LogP contribution in [-0.2, 0) is 21.8 Å². The molecule has 7 rings (SSSR count). The molecule has 12 heteroatoms. The van der Waals surface area contributed by atoms with Crippen LogP contribution in [0.5, 0.6) is 5.75 Å². The number of rotatable bonds is 6. The number of ether oxygens (including phenoxy) is 3. The molecule has 3 aliphatic rings. The normalized spacial score (nSPS) is 18.5. The molecule has 3 aliphatic heterocycles. The van der Waals surface area contributed by atoms with Crippen molar-refractivity contribution in [2.75, 3.05) is 31.4 Å². The molecule has 4 aromatic rings. The van der Waals surface area contributed by atoms with E-state index in [9.17, 15) is 18.8 Å². The first-order valence-electron chi connectivity index (χ1n) is 14.9. The molecule has 4 heterocycles. The zero-order valence-corrected chi connectivity index (χ0v) is 25.6. The van der Waals surface area contributed by atoms with Crippen molar-refractivity contribution in [3.63, 3.8) is 0 Å². The van der Waals surface area contributed by atoms with Gasteiger partial charge in [-0.2, -0.15) is 0 Å². The maximum atomic E-state index is 15.5. The van der Waals surface area contributed by atoms with E-state index in [1.807, 2.05) is 54.6 Å². The zero-order chi connectivity index (χ0) is 31.9. The first-order valence-corrected chi connectivity index (χ1v) is 15.9. The Morgan fingerprint density at radius 1 is 1.02 bits per heavy atom. The van der Waals surface area contributed by atoms with Crippen LogP contribution in [0, 0.1) is 11.6 Å². The van der Waals surface area contributed by atoms with Gasteiger partial charge in [-0.1, -0.05) is 54.6 Å². The van der Waals surface area contributed by atoms with E-state index in [4.69, 9.17) is 14.2 Å². The van der Waals surface area contributed by atoms with E-state index < -0.39 is 41.1 Å². The number of morpholine rings is 1. The highest BCUT2D eigenvalue weighted by molar-refractivity contribution is 7.98. The number of halogens is 2. The molecule has 0 radical (unpaired) electrons. The van der Waals surface area contributed by atoms with Gasteiger partial charge in [-0.3, -0.25) is 19.3 Å². The lowest BCUT2D eigenvalue weighted by Crippen LogP contribution is -2.66. The Labute approximate surface area is 267 Å². The fraction of sp³-hybridized carbons (Fsp3) is 0.265. The maximum Gasteiger partial charge on any atom is 0.343 e. The molecule has 2 atom stereocenters. The van der Waals surface area contributed by atoms with Crippen molar-refractivity contribution in [2.24, 2.45) is 0 Å². The fourth-order valence-electron chi connectivity index (χ4n) is 6.25. The number of thioether (sulfide) groups is 1. The van der Waals surface area contributed by atoms with Gasteiger partial charge in [0.05, 0.1) is 25.9 Å². The number of benzene rings is 3. The highest BCUT2D eigenvalue weighted by atomic mass is 32.2. The Bertz CT molecular complexity index is 1900. The van der Waals surface area contributed by atoms with Gasteiger partial charge >= 0.3 is 5.97 Å². The third kappa shape index (κ3) is 5.01. The van der Waals surface area contributed by atoms with Crippen molar-refractivity contribution < 1.29 is 32.6 Å². The van der Waals surface area contributed by atoms with Crippen LogP contribution in [0.3, 0.4) is 0 Å². The number of amides is 1. The van der Waals surface area contributed by atoms with Crippen molar-refractivity contribution in [1.29, 1.82) is 0 Å². The van der Waals surface area contributed by atoms with E-state index in [-0.39, 0.29) is 61.3 Å². The smallest absolute Gasteiger partial charge is 0.343 e. The molecule has 0 aliphatic carbocycles. The molecule has 0 spiro atoms. The number of carbonyl (C=O) groups excluding carboxylic acids is 2. The van der Waals surface area contributed by atoms with Crippen LogP contribution in [0.1, 0.15) is 56.1 Å². The standard InChI is InChI=1S/C34H29F2N3O6S/c1-2-44-34(42)23-16-38-30(32(31(23)40)45-17-20-8-4-3-5-9-20)33(41)37-14-15-43-18-27(37)39(38)29-21-12-13-25(35)28(36)24(21)19-46-26-11-7-6-10-22(26)29/h3-13,16,27,29H,2,14-15,17-19H2,1H3/t27-,29+/m1/s1. The van der Waals surface area contributed by atoms with Crippen molar-refractivity contribution in [3.8, 4) is 5.75 Å². The lowest BCUT2D eigenvalue weighted by atomic mass is 9.93. The number of esters is 1. The van der Waals surface area contributed by atoms with Crippen molar-refractivity contribution in [1.82, 2.24) is 9.58 Å². The zero-order valence-electron chi connectivity index (χ0n) is 24.8. The van der Waals surface area contributed by atoms with Gasteiger partial charge in [0.2, 0.25) is 5.43 Å².